The molecule has 0 saturated carbocycles. The zero-order valence-corrected chi connectivity index (χ0v) is 12.9. The Morgan fingerprint density at radius 3 is 2.70 bits per heavy atom. The molecule has 1 rings (SSSR count). The van der Waals surface area contributed by atoms with Crippen molar-refractivity contribution >= 4 is 11.8 Å². The van der Waals surface area contributed by atoms with Gasteiger partial charge in [0.25, 0.3) is 0 Å². The highest BCUT2D eigenvalue weighted by Gasteiger charge is 2.24. The van der Waals surface area contributed by atoms with E-state index in [0.29, 0.717) is 5.82 Å². The third-order valence-electron chi connectivity index (χ3n) is 3.24. The minimum Gasteiger partial charge on any atom is -0.394 e. The zero-order chi connectivity index (χ0) is 15.2. The van der Waals surface area contributed by atoms with Gasteiger partial charge in [-0.25, -0.2) is 4.79 Å². The Morgan fingerprint density at radius 2 is 2.15 bits per heavy atom. The number of anilines is 1. The molecule has 1 unspecified atom stereocenters. The van der Waals surface area contributed by atoms with Gasteiger partial charge in [-0.3, -0.25) is 10.00 Å². The normalized spacial score (nSPS) is 13.8. The maximum absolute atomic E-state index is 12.0. The van der Waals surface area contributed by atoms with Gasteiger partial charge >= 0.3 is 6.03 Å². The Balaban J connectivity index is 2.66. The molecule has 0 aromatic carbocycles. The van der Waals surface area contributed by atoms with Crippen molar-refractivity contribution in [1.29, 1.82) is 0 Å². The lowest BCUT2D eigenvalue weighted by Gasteiger charge is -2.28. The minimum atomic E-state index is -0.594. The van der Waals surface area contributed by atoms with Crippen LogP contribution in [-0.2, 0) is 13.5 Å². The van der Waals surface area contributed by atoms with E-state index in [4.69, 9.17) is 0 Å². The predicted molar refractivity (Wildman–Crippen MR) is 79.8 cm³/mol. The highest BCUT2D eigenvalue weighted by Crippen LogP contribution is 2.13. The lowest BCUT2D eigenvalue weighted by atomic mass is 9.98. The SMILES string of the molecule is CCCc1cc(NC(=O)NC(C)(CO)CCC)n(C)n1. The van der Waals surface area contributed by atoms with Gasteiger partial charge in [-0.2, -0.15) is 5.10 Å². The first-order valence-electron chi connectivity index (χ1n) is 7.17. The van der Waals surface area contributed by atoms with Crippen LogP contribution < -0.4 is 10.6 Å². The number of rotatable bonds is 7. The first kappa shape index (κ1) is 16.5. The number of nitrogens with one attached hydrogen (secondary N) is 2. The van der Waals surface area contributed by atoms with Gasteiger partial charge in [0.05, 0.1) is 17.8 Å². The van der Waals surface area contributed by atoms with Crippen LogP contribution in [0.4, 0.5) is 10.6 Å². The van der Waals surface area contributed by atoms with Crippen molar-refractivity contribution in [1.82, 2.24) is 15.1 Å². The Bertz CT molecular complexity index is 444. The van der Waals surface area contributed by atoms with Crippen LogP contribution in [0.5, 0.6) is 0 Å². The zero-order valence-electron chi connectivity index (χ0n) is 12.9. The number of nitrogens with zero attached hydrogens (tertiary/aromatic N) is 2. The summed E-state index contributed by atoms with van der Waals surface area (Å²) in [6.07, 6.45) is 3.52. The summed E-state index contributed by atoms with van der Waals surface area (Å²) in [6, 6.07) is 1.56. The smallest absolute Gasteiger partial charge is 0.320 e. The molecule has 2 amide bonds. The molecule has 6 heteroatoms. The van der Waals surface area contributed by atoms with Crippen LogP contribution in [0.1, 0.15) is 45.7 Å². The summed E-state index contributed by atoms with van der Waals surface area (Å²) in [6.45, 7) is 5.86. The molecule has 20 heavy (non-hydrogen) atoms. The molecule has 1 aromatic rings. The van der Waals surface area contributed by atoms with Crippen molar-refractivity contribution in [2.24, 2.45) is 7.05 Å². The van der Waals surface area contributed by atoms with Crippen LogP contribution in [0.25, 0.3) is 0 Å². The van der Waals surface area contributed by atoms with Crippen LogP contribution in [0.3, 0.4) is 0 Å². The Labute approximate surface area is 120 Å². The van der Waals surface area contributed by atoms with Crippen molar-refractivity contribution in [3.63, 3.8) is 0 Å². The molecule has 0 aliphatic rings. The first-order valence-corrected chi connectivity index (χ1v) is 7.17. The topological polar surface area (TPSA) is 79.2 Å². The largest absolute Gasteiger partial charge is 0.394 e. The fourth-order valence-corrected chi connectivity index (χ4v) is 2.18. The molecule has 1 heterocycles. The molecule has 0 saturated heterocycles. The standard InChI is InChI=1S/C14H26N4O2/c1-5-7-11-9-12(18(4)17-11)15-13(20)16-14(3,10-19)8-6-2/h9,19H,5-8,10H2,1-4H3,(H2,15,16,20). The average molecular weight is 282 g/mol. The number of carbonyl (C=O) groups excluding carboxylic acids is 1. The van der Waals surface area contributed by atoms with Crippen LogP contribution >= 0.6 is 0 Å². The number of aromatic nitrogens is 2. The second kappa shape index (κ2) is 7.28. The number of amides is 2. The molecule has 0 spiro atoms. The first-order chi connectivity index (χ1) is 9.44. The molecule has 3 N–H and O–H groups in total. The molecule has 1 atom stereocenters. The van der Waals surface area contributed by atoms with Gasteiger partial charge in [-0.15, -0.1) is 0 Å². The van der Waals surface area contributed by atoms with Gasteiger partial charge in [-0.1, -0.05) is 26.7 Å². The number of aryl methyl sites for hydroxylation is 2. The number of hydrogen-bond donors (Lipinski definition) is 3. The van der Waals surface area contributed by atoms with Gasteiger partial charge in [-0.05, 0) is 19.8 Å². The molecular weight excluding hydrogens is 256 g/mol. The van der Waals surface area contributed by atoms with Gasteiger partial charge in [0, 0.05) is 13.1 Å². The van der Waals surface area contributed by atoms with Crippen LogP contribution in [0, 0.1) is 0 Å². The third kappa shape index (κ3) is 4.52. The molecule has 0 radical (unpaired) electrons. The maximum atomic E-state index is 12.0. The van der Waals surface area contributed by atoms with E-state index in [1.807, 2.05) is 19.9 Å². The number of aliphatic hydroxyl groups is 1. The summed E-state index contributed by atoms with van der Waals surface area (Å²) in [7, 11) is 1.80. The van der Waals surface area contributed by atoms with Crippen molar-refractivity contribution in [3.8, 4) is 0 Å². The molecule has 0 aliphatic heterocycles. The van der Waals surface area contributed by atoms with Crippen molar-refractivity contribution in [3.05, 3.63) is 11.8 Å². The van der Waals surface area contributed by atoms with Gasteiger partial charge in [0.2, 0.25) is 0 Å². The quantitative estimate of drug-likeness (QED) is 0.716. The monoisotopic (exact) mass is 282 g/mol. The molecule has 0 aliphatic carbocycles. The van der Waals surface area contributed by atoms with E-state index in [1.54, 1.807) is 11.7 Å². The molecule has 0 fully saturated rings. The van der Waals surface area contributed by atoms with Crippen LogP contribution in [0.15, 0.2) is 6.07 Å². The number of hydrogen-bond acceptors (Lipinski definition) is 3. The van der Waals surface area contributed by atoms with E-state index < -0.39 is 5.54 Å². The van der Waals surface area contributed by atoms with E-state index in [1.165, 1.54) is 0 Å². The van der Waals surface area contributed by atoms with E-state index in [2.05, 4.69) is 22.7 Å². The Hall–Kier alpha value is -1.56. The predicted octanol–water partition coefficient (Wildman–Crippen LogP) is 2.05. The van der Waals surface area contributed by atoms with Crippen LogP contribution in [-0.4, -0.2) is 33.1 Å². The molecular formula is C14H26N4O2. The average Bonchev–Trinajstić information content (AvgIpc) is 2.70. The van der Waals surface area contributed by atoms with Gasteiger partial charge in [0.1, 0.15) is 5.82 Å². The highest BCUT2D eigenvalue weighted by molar-refractivity contribution is 5.88. The van der Waals surface area contributed by atoms with E-state index in [9.17, 15) is 9.90 Å². The second-order valence-corrected chi connectivity index (χ2v) is 5.44. The summed E-state index contributed by atoms with van der Waals surface area (Å²) >= 11 is 0. The number of aliphatic hydroxyl groups excluding tert-OH is 1. The van der Waals surface area contributed by atoms with Gasteiger partial charge < -0.3 is 10.4 Å². The van der Waals surface area contributed by atoms with Crippen molar-refractivity contribution in [2.45, 2.75) is 52.0 Å². The Morgan fingerprint density at radius 1 is 1.45 bits per heavy atom. The fourth-order valence-electron chi connectivity index (χ4n) is 2.18. The number of urea groups is 1. The number of carbonyl (C=O) groups is 1. The highest BCUT2D eigenvalue weighted by atomic mass is 16.3. The minimum absolute atomic E-state index is 0.0826. The summed E-state index contributed by atoms with van der Waals surface area (Å²) in [5.41, 5.74) is 0.368. The molecule has 6 nitrogen and oxygen atoms in total. The van der Waals surface area contributed by atoms with Crippen molar-refractivity contribution < 1.29 is 9.90 Å². The summed E-state index contributed by atoms with van der Waals surface area (Å²) in [4.78, 5) is 12.0. The van der Waals surface area contributed by atoms with Crippen LogP contribution in [0.2, 0.25) is 0 Å². The van der Waals surface area contributed by atoms with E-state index in [-0.39, 0.29) is 12.6 Å². The lowest BCUT2D eigenvalue weighted by Crippen LogP contribution is -2.50. The molecule has 0 bridgehead atoms. The lowest BCUT2D eigenvalue weighted by molar-refractivity contribution is 0.167. The van der Waals surface area contributed by atoms with Crippen molar-refractivity contribution in [2.75, 3.05) is 11.9 Å². The third-order valence-corrected chi connectivity index (χ3v) is 3.24. The van der Waals surface area contributed by atoms with E-state index >= 15 is 0 Å². The second-order valence-electron chi connectivity index (χ2n) is 5.44. The maximum Gasteiger partial charge on any atom is 0.320 e. The van der Waals surface area contributed by atoms with Gasteiger partial charge in [0.15, 0.2) is 0 Å². The molecule has 1 aromatic heterocycles. The molecule has 114 valence electrons. The van der Waals surface area contributed by atoms with E-state index in [0.717, 1.165) is 31.4 Å². The summed E-state index contributed by atoms with van der Waals surface area (Å²) in [5, 5.41) is 19.3. The fraction of sp³-hybridized carbons (Fsp3) is 0.714. The summed E-state index contributed by atoms with van der Waals surface area (Å²) in [5.74, 6) is 0.655. The Kier molecular flexibility index (Phi) is 6.01. The summed E-state index contributed by atoms with van der Waals surface area (Å²) < 4.78 is 1.65.